The lowest BCUT2D eigenvalue weighted by Crippen LogP contribution is -2.11. The van der Waals surface area contributed by atoms with E-state index in [0.717, 1.165) is 10.2 Å². The molecule has 0 aliphatic rings. The molecule has 6 heteroatoms. The molecule has 94 valence electrons. The topological polar surface area (TPSA) is 54.9 Å². The number of hydrogen-bond acceptors (Lipinski definition) is 4. The Morgan fingerprint density at radius 1 is 1.21 bits per heavy atom. The molecule has 0 atom stereocenters. The van der Waals surface area contributed by atoms with Crippen molar-refractivity contribution in [3.8, 4) is 0 Å². The van der Waals surface area contributed by atoms with Crippen LogP contribution in [0.4, 0.5) is 5.69 Å². The van der Waals surface area contributed by atoms with Crippen molar-refractivity contribution >= 4 is 44.9 Å². The van der Waals surface area contributed by atoms with Crippen molar-refractivity contribution in [1.29, 1.82) is 0 Å². The maximum Gasteiger partial charge on any atom is 0.255 e. The van der Waals surface area contributed by atoms with E-state index in [-0.39, 0.29) is 5.91 Å². The van der Waals surface area contributed by atoms with Crippen molar-refractivity contribution in [2.24, 2.45) is 0 Å². The van der Waals surface area contributed by atoms with Crippen molar-refractivity contribution < 1.29 is 4.79 Å². The van der Waals surface area contributed by atoms with Crippen molar-refractivity contribution in [3.05, 3.63) is 53.1 Å². The van der Waals surface area contributed by atoms with Gasteiger partial charge in [-0.25, -0.2) is 0 Å². The quantitative estimate of drug-likeness (QED) is 0.784. The molecule has 0 saturated heterocycles. The van der Waals surface area contributed by atoms with Crippen LogP contribution >= 0.6 is 23.1 Å². The second-order valence-electron chi connectivity index (χ2n) is 3.89. The number of benzene rings is 2. The van der Waals surface area contributed by atoms with E-state index in [0.29, 0.717) is 16.3 Å². The molecule has 0 bridgehead atoms. The van der Waals surface area contributed by atoms with Gasteiger partial charge >= 0.3 is 0 Å². The molecular formula is C13H8ClN3OS. The first-order valence-corrected chi connectivity index (χ1v) is 6.67. The van der Waals surface area contributed by atoms with Crippen LogP contribution in [0.25, 0.3) is 10.2 Å². The number of amides is 1. The molecule has 0 radical (unpaired) electrons. The predicted octanol–water partition coefficient (Wildman–Crippen LogP) is 3.60. The van der Waals surface area contributed by atoms with Crippen LogP contribution in [0.5, 0.6) is 0 Å². The SMILES string of the molecule is O=C(Nc1ccccc1Cl)c1ccc2snnc2c1. The Kier molecular flexibility index (Phi) is 3.15. The number of para-hydroxylation sites is 1. The fourth-order valence-electron chi connectivity index (χ4n) is 1.68. The van der Waals surface area contributed by atoms with E-state index in [1.165, 1.54) is 11.5 Å². The van der Waals surface area contributed by atoms with Gasteiger partial charge in [0.2, 0.25) is 0 Å². The smallest absolute Gasteiger partial charge is 0.255 e. The monoisotopic (exact) mass is 289 g/mol. The number of anilines is 1. The van der Waals surface area contributed by atoms with E-state index < -0.39 is 0 Å². The van der Waals surface area contributed by atoms with Gasteiger partial charge in [0.05, 0.1) is 15.4 Å². The molecular weight excluding hydrogens is 282 g/mol. The number of rotatable bonds is 2. The summed E-state index contributed by atoms with van der Waals surface area (Å²) in [5.74, 6) is -0.219. The van der Waals surface area contributed by atoms with E-state index in [4.69, 9.17) is 11.6 Å². The third kappa shape index (κ3) is 2.43. The van der Waals surface area contributed by atoms with Crippen LogP contribution in [0.1, 0.15) is 10.4 Å². The number of carbonyl (C=O) groups excluding carboxylic acids is 1. The highest BCUT2D eigenvalue weighted by Crippen LogP contribution is 2.22. The van der Waals surface area contributed by atoms with Crippen LogP contribution in [-0.4, -0.2) is 15.5 Å². The minimum atomic E-state index is -0.219. The Hall–Kier alpha value is -1.98. The number of halogens is 1. The van der Waals surface area contributed by atoms with Crippen LogP contribution in [0, 0.1) is 0 Å². The lowest BCUT2D eigenvalue weighted by atomic mass is 10.2. The summed E-state index contributed by atoms with van der Waals surface area (Å²) in [6.45, 7) is 0. The summed E-state index contributed by atoms with van der Waals surface area (Å²) in [6, 6.07) is 12.4. The highest BCUT2D eigenvalue weighted by atomic mass is 35.5. The van der Waals surface area contributed by atoms with Crippen molar-refractivity contribution in [3.63, 3.8) is 0 Å². The van der Waals surface area contributed by atoms with Gasteiger partial charge < -0.3 is 5.32 Å². The molecule has 1 aromatic heterocycles. The van der Waals surface area contributed by atoms with Crippen LogP contribution in [0.3, 0.4) is 0 Å². The number of hydrogen-bond donors (Lipinski definition) is 1. The van der Waals surface area contributed by atoms with Crippen LogP contribution < -0.4 is 5.32 Å². The first-order valence-electron chi connectivity index (χ1n) is 5.52. The van der Waals surface area contributed by atoms with Gasteiger partial charge in [0.25, 0.3) is 5.91 Å². The fourth-order valence-corrected chi connectivity index (χ4v) is 2.40. The maximum atomic E-state index is 12.1. The summed E-state index contributed by atoms with van der Waals surface area (Å²) in [7, 11) is 0. The summed E-state index contributed by atoms with van der Waals surface area (Å²) in [4.78, 5) is 12.1. The summed E-state index contributed by atoms with van der Waals surface area (Å²) >= 11 is 7.30. The largest absolute Gasteiger partial charge is 0.321 e. The van der Waals surface area contributed by atoms with Gasteiger partial charge in [0.1, 0.15) is 5.52 Å². The van der Waals surface area contributed by atoms with E-state index in [9.17, 15) is 4.79 Å². The molecule has 3 rings (SSSR count). The molecule has 0 aliphatic carbocycles. The van der Waals surface area contributed by atoms with Crippen molar-refractivity contribution in [2.75, 3.05) is 5.32 Å². The molecule has 0 unspecified atom stereocenters. The molecule has 1 amide bonds. The normalized spacial score (nSPS) is 10.6. The Balaban J connectivity index is 1.89. The third-order valence-electron chi connectivity index (χ3n) is 2.63. The number of aromatic nitrogens is 2. The Bertz CT molecular complexity index is 756. The van der Waals surface area contributed by atoms with E-state index in [2.05, 4.69) is 14.9 Å². The van der Waals surface area contributed by atoms with Crippen LogP contribution in [-0.2, 0) is 0 Å². The molecule has 4 nitrogen and oxygen atoms in total. The van der Waals surface area contributed by atoms with Gasteiger partial charge in [-0.15, -0.1) is 5.10 Å². The zero-order valence-corrected chi connectivity index (χ0v) is 11.2. The first kappa shape index (κ1) is 12.1. The number of nitrogens with one attached hydrogen (secondary N) is 1. The number of fused-ring (bicyclic) bond motifs is 1. The summed E-state index contributed by atoms with van der Waals surface area (Å²) in [5.41, 5.74) is 1.84. The third-order valence-corrected chi connectivity index (χ3v) is 3.67. The molecule has 1 heterocycles. The molecule has 3 aromatic rings. The maximum absolute atomic E-state index is 12.1. The standard InChI is InChI=1S/C13H8ClN3OS/c14-9-3-1-2-4-10(9)15-13(18)8-5-6-12-11(7-8)16-17-19-12/h1-7H,(H,15,18). The van der Waals surface area contributed by atoms with Crippen LogP contribution in [0.15, 0.2) is 42.5 Å². The highest BCUT2D eigenvalue weighted by Gasteiger charge is 2.09. The molecule has 0 spiro atoms. The first-order chi connectivity index (χ1) is 9.24. The summed E-state index contributed by atoms with van der Waals surface area (Å²) in [6.07, 6.45) is 0. The minimum Gasteiger partial charge on any atom is -0.321 e. The molecule has 0 aliphatic heterocycles. The lowest BCUT2D eigenvalue weighted by Gasteiger charge is -2.06. The molecule has 0 saturated carbocycles. The molecule has 1 N–H and O–H groups in total. The Labute approximate surface area is 118 Å². The molecule has 0 fully saturated rings. The Morgan fingerprint density at radius 2 is 2.05 bits per heavy atom. The predicted molar refractivity (Wildman–Crippen MR) is 76.8 cm³/mol. The average Bonchev–Trinajstić information content (AvgIpc) is 2.88. The fraction of sp³-hybridized carbons (Fsp3) is 0. The van der Waals surface area contributed by atoms with Gasteiger partial charge in [-0.1, -0.05) is 28.2 Å². The molecule has 2 aromatic carbocycles. The zero-order chi connectivity index (χ0) is 13.2. The molecule has 19 heavy (non-hydrogen) atoms. The van der Waals surface area contributed by atoms with Gasteiger partial charge in [0, 0.05) is 5.56 Å². The summed E-state index contributed by atoms with van der Waals surface area (Å²) in [5, 5.41) is 7.22. The lowest BCUT2D eigenvalue weighted by molar-refractivity contribution is 0.102. The van der Waals surface area contributed by atoms with Crippen molar-refractivity contribution in [2.45, 2.75) is 0 Å². The Morgan fingerprint density at radius 3 is 2.89 bits per heavy atom. The number of carbonyl (C=O) groups is 1. The van der Waals surface area contributed by atoms with Gasteiger partial charge in [-0.05, 0) is 41.9 Å². The van der Waals surface area contributed by atoms with E-state index in [1.54, 1.807) is 24.3 Å². The summed E-state index contributed by atoms with van der Waals surface area (Å²) < 4.78 is 4.79. The number of nitrogens with zero attached hydrogens (tertiary/aromatic N) is 2. The second-order valence-corrected chi connectivity index (χ2v) is 5.08. The van der Waals surface area contributed by atoms with Crippen LogP contribution in [0.2, 0.25) is 5.02 Å². The van der Waals surface area contributed by atoms with Gasteiger partial charge in [-0.3, -0.25) is 4.79 Å². The minimum absolute atomic E-state index is 0.219. The second kappa shape index (κ2) is 4.95. The average molecular weight is 290 g/mol. The van der Waals surface area contributed by atoms with Gasteiger partial charge in [-0.2, -0.15) is 0 Å². The van der Waals surface area contributed by atoms with E-state index in [1.807, 2.05) is 18.2 Å². The highest BCUT2D eigenvalue weighted by molar-refractivity contribution is 7.12. The van der Waals surface area contributed by atoms with Gasteiger partial charge in [0.15, 0.2) is 0 Å². The van der Waals surface area contributed by atoms with E-state index >= 15 is 0 Å². The zero-order valence-electron chi connectivity index (χ0n) is 9.63. The van der Waals surface area contributed by atoms with Crippen molar-refractivity contribution in [1.82, 2.24) is 9.59 Å².